The van der Waals surface area contributed by atoms with Crippen molar-refractivity contribution < 1.29 is 36.0 Å². The summed E-state index contributed by atoms with van der Waals surface area (Å²) < 4.78 is 82.6. The molecule has 0 saturated carbocycles. The van der Waals surface area contributed by atoms with Crippen LogP contribution >= 0.6 is 23.2 Å². The molecule has 2 aromatic rings. The summed E-state index contributed by atoms with van der Waals surface area (Å²) in [6, 6.07) is 7.55. The van der Waals surface area contributed by atoms with Crippen molar-refractivity contribution in [2.45, 2.75) is 30.8 Å². The molecule has 2 aliphatic heterocycles. The Kier molecular flexibility index (Phi) is 6.06. The topological polar surface area (TPSA) is 41.6 Å². The lowest BCUT2D eigenvalue weighted by Crippen LogP contribution is -2.47. The van der Waals surface area contributed by atoms with E-state index in [1.165, 1.54) is 6.92 Å². The Morgan fingerprint density at radius 2 is 1.71 bits per heavy atom. The van der Waals surface area contributed by atoms with Crippen LogP contribution < -0.4 is 5.48 Å². The lowest BCUT2D eigenvalue weighted by molar-refractivity contribution is -0.269. The van der Waals surface area contributed by atoms with Gasteiger partial charge < -0.3 is 4.90 Å². The fraction of sp³-hybridized carbons (Fsp3) is 0.318. The molecule has 182 valence electrons. The van der Waals surface area contributed by atoms with E-state index in [2.05, 4.69) is 5.48 Å². The van der Waals surface area contributed by atoms with Crippen LogP contribution in [0.3, 0.4) is 0 Å². The molecule has 2 aromatic carbocycles. The van der Waals surface area contributed by atoms with E-state index in [-0.39, 0.29) is 23.6 Å². The van der Waals surface area contributed by atoms with Crippen molar-refractivity contribution in [3.8, 4) is 0 Å². The Bertz CT molecular complexity index is 1160. The number of carbonyl (C=O) groups is 1. The average Bonchev–Trinajstić information content (AvgIpc) is 3.15. The molecule has 4 nitrogen and oxygen atoms in total. The zero-order valence-electron chi connectivity index (χ0n) is 17.3. The van der Waals surface area contributed by atoms with E-state index >= 15 is 0 Å². The third kappa shape index (κ3) is 4.23. The molecule has 1 fully saturated rings. The Labute approximate surface area is 200 Å². The highest BCUT2D eigenvalue weighted by Crippen LogP contribution is 2.50. The number of benzene rings is 2. The number of likely N-dealkylation sites (tertiary alicyclic amines) is 1. The number of rotatable bonds is 3. The molecule has 1 atom stereocenters. The zero-order chi connectivity index (χ0) is 25.1. The van der Waals surface area contributed by atoms with Gasteiger partial charge in [-0.1, -0.05) is 47.5 Å². The number of nitrogens with zero attached hydrogens (tertiary/aromatic N) is 1. The number of alkyl halides is 6. The van der Waals surface area contributed by atoms with Crippen LogP contribution in [-0.4, -0.2) is 30.1 Å². The van der Waals surface area contributed by atoms with Crippen molar-refractivity contribution in [2.24, 2.45) is 0 Å². The molecule has 0 aromatic heterocycles. The highest BCUT2D eigenvalue weighted by molar-refractivity contribution is 6.42. The summed E-state index contributed by atoms with van der Waals surface area (Å²) in [4.78, 5) is 17.9. The molecule has 4 rings (SSSR count). The van der Waals surface area contributed by atoms with Crippen molar-refractivity contribution in [1.82, 2.24) is 10.4 Å². The first-order chi connectivity index (χ1) is 15.7. The predicted molar refractivity (Wildman–Crippen MR) is 113 cm³/mol. The first-order valence-electron chi connectivity index (χ1n) is 9.89. The minimum Gasteiger partial charge on any atom is -0.342 e. The highest BCUT2D eigenvalue weighted by Gasteiger charge is 2.60. The van der Waals surface area contributed by atoms with Crippen LogP contribution in [0.15, 0.2) is 42.5 Å². The third-order valence-corrected chi connectivity index (χ3v) is 6.68. The zero-order valence-corrected chi connectivity index (χ0v) is 18.8. The van der Waals surface area contributed by atoms with Gasteiger partial charge in [-0.2, -0.15) is 26.3 Å². The molecule has 2 aliphatic rings. The smallest absolute Gasteiger partial charge is 0.342 e. The molecule has 34 heavy (non-hydrogen) atoms. The first kappa shape index (κ1) is 24.7. The van der Waals surface area contributed by atoms with E-state index in [0.29, 0.717) is 30.8 Å². The lowest BCUT2D eigenvalue weighted by Gasteiger charge is -2.39. The van der Waals surface area contributed by atoms with Crippen LogP contribution in [0, 0.1) is 0 Å². The van der Waals surface area contributed by atoms with Crippen LogP contribution in [-0.2, 0) is 21.4 Å². The van der Waals surface area contributed by atoms with Gasteiger partial charge in [0, 0.05) is 31.5 Å². The van der Waals surface area contributed by atoms with Gasteiger partial charge in [0.1, 0.15) is 0 Å². The molecule has 1 saturated heterocycles. The standard InChI is InChI=1S/C22H16Cl2F6N2O2/c1-11(33)32-9-14(10-32)12-2-4-13(5-3-12)18-8-20(34-31-18,22(28,29)30)15-6-16(21(25,26)27)19(24)17(23)7-15/h2-8,14,31H,9-10H2,1H3. The van der Waals surface area contributed by atoms with Crippen molar-refractivity contribution in [2.75, 3.05) is 13.1 Å². The monoisotopic (exact) mass is 524 g/mol. The van der Waals surface area contributed by atoms with Gasteiger partial charge in [0.15, 0.2) is 0 Å². The number of carbonyl (C=O) groups excluding carboxylic acids is 1. The Morgan fingerprint density at radius 1 is 1.09 bits per heavy atom. The van der Waals surface area contributed by atoms with Gasteiger partial charge in [0.25, 0.3) is 0 Å². The van der Waals surface area contributed by atoms with Crippen molar-refractivity contribution >= 4 is 34.8 Å². The second-order valence-corrected chi connectivity index (χ2v) is 8.84. The van der Waals surface area contributed by atoms with Crippen LogP contribution in [0.4, 0.5) is 26.3 Å². The minimum absolute atomic E-state index is 0.0372. The van der Waals surface area contributed by atoms with E-state index in [0.717, 1.165) is 5.56 Å². The number of nitrogens with one attached hydrogen (secondary N) is 1. The molecule has 1 amide bonds. The summed E-state index contributed by atoms with van der Waals surface area (Å²) in [6.07, 6.45) is -9.50. The van der Waals surface area contributed by atoms with Gasteiger partial charge in [-0.25, -0.2) is 0 Å². The van der Waals surface area contributed by atoms with Crippen molar-refractivity contribution in [3.63, 3.8) is 0 Å². The number of hydroxylamine groups is 1. The summed E-state index contributed by atoms with van der Waals surface area (Å²) in [5.41, 5.74) is -2.27. The van der Waals surface area contributed by atoms with Crippen molar-refractivity contribution in [1.29, 1.82) is 0 Å². The summed E-state index contributed by atoms with van der Waals surface area (Å²) in [6.45, 7) is 2.57. The van der Waals surface area contributed by atoms with Gasteiger partial charge >= 0.3 is 12.4 Å². The van der Waals surface area contributed by atoms with Gasteiger partial charge in [-0.05, 0) is 29.3 Å². The van der Waals surface area contributed by atoms with Gasteiger partial charge in [-0.15, -0.1) is 0 Å². The largest absolute Gasteiger partial charge is 0.428 e. The molecule has 0 radical (unpaired) electrons. The average molecular weight is 525 g/mol. The SMILES string of the molecule is CC(=O)N1CC(c2ccc(C3=CC(c4cc(Cl)c(Cl)c(C(F)(F)F)c4)(C(F)(F)F)ON3)cc2)C1. The van der Waals surface area contributed by atoms with Crippen LogP contribution in [0.1, 0.15) is 35.1 Å². The summed E-state index contributed by atoms with van der Waals surface area (Å²) in [5, 5.41) is -1.59. The minimum atomic E-state index is -5.14. The summed E-state index contributed by atoms with van der Waals surface area (Å²) in [5.74, 6) is 0.0794. The number of halogens is 8. The Hall–Kier alpha value is -2.43. The first-order valence-corrected chi connectivity index (χ1v) is 10.6. The lowest BCUT2D eigenvalue weighted by atomic mass is 9.89. The van der Waals surface area contributed by atoms with Crippen LogP contribution in [0.5, 0.6) is 0 Å². The molecule has 2 heterocycles. The van der Waals surface area contributed by atoms with E-state index in [1.807, 2.05) is 0 Å². The maximum absolute atomic E-state index is 14.2. The fourth-order valence-electron chi connectivity index (χ4n) is 3.88. The van der Waals surface area contributed by atoms with Crippen LogP contribution in [0.2, 0.25) is 10.0 Å². The number of amides is 1. The molecule has 1 unspecified atom stereocenters. The molecular weight excluding hydrogens is 509 g/mol. The molecule has 1 N–H and O–H groups in total. The third-order valence-electron chi connectivity index (χ3n) is 5.87. The summed E-state index contributed by atoms with van der Waals surface area (Å²) >= 11 is 11.3. The van der Waals surface area contributed by atoms with E-state index in [1.54, 1.807) is 29.2 Å². The molecule has 0 spiro atoms. The van der Waals surface area contributed by atoms with Gasteiger partial charge in [0.2, 0.25) is 11.5 Å². The quantitative estimate of drug-likeness (QED) is 0.479. The van der Waals surface area contributed by atoms with Crippen LogP contribution in [0.25, 0.3) is 5.70 Å². The van der Waals surface area contributed by atoms with Gasteiger partial charge in [0.05, 0.1) is 21.3 Å². The molecular formula is C22H16Cl2F6N2O2. The summed E-state index contributed by atoms with van der Waals surface area (Å²) in [7, 11) is 0. The molecule has 0 aliphatic carbocycles. The fourth-order valence-corrected chi connectivity index (χ4v) is 4.31. The second kappa shape index (κ2) is 8.35. The predicted octanol–water partition coefficient (Wildman–Crippen LogP) is 6.29. The van der Waals surface area contributed by atoms with Gasteiger partial charge in [-0.3, -0.25) is 15.1 Å². The van der Waals surface area contributed by atoms with Crippen molar-refractivity contribution in [3.05, 3.63) is 74.8 Å². The van der Waals surface area contributed by atoms with E-state index < -0.39 is 39.1 Å². The Morgan fingerprint density at radius 3 is 2.24 bits per heavy atom. The maximum atomic E-state index is 14.2. The van der Waals surface area contributed by atoms with E-state index in [4.69, 9.17) is 28.0 Å². The number of hydrogen-bond donors (Lipinski definition) is 1. The maximum Gasteiger partial charge on any atom is 0.428 e. The Balaban J connectivity index is 1.69. The van der Waals surface area contributed by atoms with E-state index in [9.17, 15) is 31.1 Å². The number of hydrogen-bond acceptors (Lipinski definition) is 3. The second-order valence-electron chi connectivity index (χ2n) is 8.06. The molecule has 0 bridgehead atoms. The normalized spacial score (nSPS) is 21.2. The highest BCUT2D eigenvalue weighted by atomic mass is 35.5. The molecule has 12 heteroatoms.